The molecular weight excluding hydrogens is 144 g/mol. The van der Waals surface area contributed by atoms with Gasteiger partial charge in [0.15, 0.2) is 0 Å². The molecule has 0 fully saturated rings. The Morgan fingerprint density at radius 3 is 2.82 bits per heavy atom. The van der Waals surface area contributed by atoms with Gasteiger partial charge in [0, 0.05) is 17.3 Å². The third-order valence-corrected chi connectivity index (χ3v) is 1.48. The van der Waals surface area contributed by atoms with Gasteiger partial charge in [-0.15, -0.1) is 0 Å². The zero-order chi connectivity index (χ0) is 8.43. The highest BCUT2D eigenvalue weighted by molar-refractivity contribution is 5.87. The molecule has 1 rings (SSSR count). The van der Waals surface area contributed by atoms with Crippen LogP contribution in [0.3, 0.4) is 0 Å². The monoisotopic (exact) mass is 154 g/mol. The normalized spacial score (nSPS) is 23.9. The molecule has 1 aliphatic rings. The van der Waals surface area contributed by atoms with E-state index in [0.29, 0.717) is 12.1 Å². The van der Waals surface area contributed by atoms with Crippen LogP contribution in [0.1, 0.15) is 6.42 Å². The van der Waals surface area contributed by atoms with Crippen molar-refractivity contribution in [1.29, 1.82) is 0 Å². The number of hydrogen-bond acceptors (Lipinski definition) is 3. The standard InChI is InChI=1S/C7H10N2O2/c8-5-1-4(7(10)11)2-6(9)3-5/h1,3,6H,2,8-9H2,(H,10,11). The summed E-state index contributed by atoms with van der Waals surface area (Å²) in [6.07, 6.45) is 3.44. The van der Waals surface area contributed by atoms with Crippen LogP contribution in [-0.4, -0.2) is 17.1 Å². The van der Waals surface area contributed by atoms with Crippen LogP contribution >= 0.6 is 0 Å². The van der Waals surface area contributed by atoms with Gasteiger partial charge in [0.05, 0.1) is 0 Å². The first-order valence-corrected chi connectivity index (χ1v) is 3.26. The van der Waals surface area contributed by atoms with Crippen LogP contribution < -0.4 is 11.5 Å². The van der Waals surface area contributed by atoms with E-state index in [4.69, 9.17) is 16.6 Å². The third kappa shape index (κ3) is 1.81. The summed E-state index contributed by atoms with van der Waals surface area (Å²) in [6, 6.07) is -0.258. The van der Waals surface area contributed by atoms with Gasteiger partial charge in [-0.25, -0.2) is 4.79 Å². The summed E-state index contributed by atoms with van der Waals surface area (Å²) in [6.45, 7) is 0. The quantitative estimate of drug-likeness (QED) is 0.478. The Hall–Kier alpha value is -1.29. The lowest BCUT2D eigenvalue weighted by Gasteiger charge is -2.13. The molecule has 60 valence electrons. The van der Waals surface area contributed by atoms with Gasteiger partial charge in [-0.1, -0.05) is 0 Å². The molecule has 1 unspecified atom stereocenters. The zero-order valence-corrected chi connectivity index (χ0v) is 5.95. The highest BCUT2D eigenvalue weighted by atomic mass is 16.4. The second kappa shape index (κ2) is 2.75. The fourth-order valence-electron chi connectivity index (χ4n) is 1.02. The Balaban J connectivity index is 2.84. The van der Waals surface area contributed by atoms with Crippen LogP contribution in [0.2, 0.25) is 0 Å². The van der Waals surface area contributed by atoms with E-state index in [1.807, 2.05) is 0 Å². The highest BCUT2D eigenvalue weighted by Gasteiger charge is 2.15. The van der Waals surface area contributed by atoms with Gasteiger partial charge in [-0.05, 0) is 18.6 Å². The van der Waals surface area contributed by atoms with E-state index < -0.39 is 5.97 Å². The van der Waals surface area contributed by atoms with Gasteiger partial charge in [0.1, 0.15) is 0 Å². The van der Waals surface area contributed by atoms with Crippen LogP contribution in [0.15, 0.2) is 23.4 Å². The first kappa shape index (κ1) is 7.81. The molecule has 1 aliphatic carbocycles. The van der Waals surface area contributed by atoms with Crippen molar-refractivity contribution in [3.63, 3.8) is 0 Å². The van der Waals surface area contributed by atoms with Gasteiger partial charge in [-0.3, -0.25) is 0 Å². The molecule has 0 spiro atoms. The average molecular weight is 154 g/mol. The van der Waals surface area contributed by atoms with Crippen LogP contribution in [0, 0.1) is 0 Å². The Morgan fingerprint density at radius 2 is 2.36 bits per heavy atom. The van der Waals surface area contributed by atoms with Crippen LogP contribution in [0.4, 0.5) is 0 Å². The fraction of sp³-hybridized carbons (Fsp3) is 0.286. The predicted octanol–water partition coefficient (Wildman–Crippen LogP) is -0.429. The molecule has 0 amide bonds. The number of allylic oxidation sites excluding steroid dienone is 1. The number of aliphatic carboxylic acids is 1. The summed E-state index contributed by atoms with van der Waals surface area (Å²) >= 11 is 0. The van der Waals surface area contributed by atoms with E-state index in [2.05, 4.69) is 0 Å². The fourth-order valence-corrected chi connectivity index (χ4v) is 1.02. The molecule has 0 radical (unpaired) electrons. The number of carboxylic acids is 1. The van der Waals surface area contributed by atoms with Crippen molar-refractivity contribution >= 4 is 5.97 Å². The zero-order valence-electron chi connectivity index (χ0n) is 5.95. The molecule has 0 bridgehead atoms. The SMILES string of the molecule is NC1=CC(N)CC(C(=O)O)=C1. The Labute approximate surface area is 64.2 Å². The number of carbonyl (C=O) groups is 1. The van der Waals surface area contributed by atoms with Gasteiger partial charge >= 0.3 is 5.97 Å². The minimum atomic E-state index is -0.948. The molecular formula is C7H10N2O2. The lowest BCUT2D eigenvalue weighted by Crippen LogP contribution is -2.24. The van der Waals surface area contributed by atoms with E-state index in [1.165, 1.54) is 6.08 Å². The van der Waals surface area contributed by atoms with Crippen LogP contribution in [0.5, 0.6) is 0 Å². The molecule has 4 heteroatoms. The summed E-state index contributed by atoms with van der Waals surface area (Å²) in [5.74, 6) is -0.948. The van der Waals surface area contributed by atoms with Crippen molar-refractivity contribution in [1.82, 2.24) is 0 Å². The van der Waals surface area contributed by atoms with Gasteiger partial charge in [-0.2, -0.15) is 0 Å². The van der Waals surface area contributed by atoms with E-state index in [-0.39, 0.29) is 11.6 Å². The Bertz CT molecular complexity index is 243. The smallest absolute Gasteiger partial charge is 0.331 e. The van der Waals surface area contributed by atoms with Crippen LogP contribution in [-0.2, 0) is 4.79 Å². The molecule has 0 aliphatic heterocycles. The summed E-state index contributed by atoms with van der Waals surface area (Å²) in [5, 5.41) is 8.57. The average Bonchev–Trinajstić information content (AvgIpc) is 1.85. The Kier molecular flexibility index (Phi) is 1.96. The lowest BCUT2D eigenvalue weighted by atomic mass is 10.00. The molecule has 0 saturated heterocycles. The summed E-state index contributed by atoms with van der Waals surface area (Å²) in [7, 11) is 0. The van der Waals surface area contributed by atoms with Crippen molar-refractivity contribution in [3.8, 4) is 0 Å². The van der Waals surface area contributed by atoms with Crippen molar-refractivity contribution < 1.29 is 9.90 Å². The minimum absolute atomic E-state index is 0.258. The van der Waals surface area contributed by atoms with E-state index in [1.54, 1.807) is 6.08 Å². The summed E-state index contributed by atoms with van der Waals surface area (Å²) in [5.41, 5.74) is 11.6. The molecule has 0 aromatic heterocycles. The molecule has 0 aromatic rings. The maximum absolute atomic E-state index is 10.4. The van der Waals surface area contributed by atoms with E-state index in [0.717, 1.165) is 0 Å². The maximum atomic E-state index is 10.4. The molecule has 5 N–H and O–H groups in total. The highest BCUT2D eigenvalue weighted by Crippen LogP contribution is 2.13. The van der Waals surface area contributed by atoms with Crippen molar-refractivity contribution in [2.75, 3.05) is 0 Å². The minimum Gasteiger partial charge on any atom is -0.478 e. The number of rotatable bonds is 1. The second-order valence-electron chi connectivity index (χ2n) is 2.51. The molecule has 0 aromatic carbocycles. The predicted molar refractivity (Wildman–Crippen MR) is 40.6 cm³/mol. The van der Waals surface area contributed by atoms with Crippen molar-refractivity contribution in [2.24, 2.45) is 11.5 Å². The lowest BCUT2D eigenvalue weighted by molar-refractivity contribution is -0.132. The number of hydrogen-bond donors (Lipinski definition) is 3. The van der Waals surface area contributed by atoms with Crippen molar-refractivity contribution in [2.45, 2.75) is 12.5 Å². The molecule has 4 nitrogen and oxygen atoms in total. The third-order valence-electron chi connectivity index (χ3n) is 1.48. The number of nitrogens with two attached hydrogens (primary N) is 2. The van der Waals surface area contributed by atoms with Gasteiger partial charge in [0.25, 0.3) is 0 Å². The topological polar surface area (TPSA) is 89.3 Å². The van der Waals surface area contributed by atoms with Gasteiger partial charge in [0.2, 0.25) is 0 Å². The summed E-state index contributed by atoms with van der Waals surface area (Å²) in [4.78, 5) is 10.4. The van der Waals surface area contributed by atoms with Crippen LogP contribution in [0.25, 0.3) is 0 Å². The van der Waals surface area contributed by atoms with E-state index >= 15 is 0 Å². The van der Waals surface area contributed by atoms with Crippen molar-refractivity contribution in [3.05, 3.63) is 23.4 Å². The molecule has 1 atom stereocenters. The first-order valence-electron chi connectivity index (χ1n) is 3.26. The second-order valence-corrected chi connectivity index (χ2v) is 2.51. The largest absolute Gasteiger partial charge is 0.478 e. The maximum Gasteiger partial charge on any atom is 0.331 e. The van der Waals surface area contributed by atoms with Gasteiger partial charge < -0.3 is 16.6 Å². The van der Waals surface area contributed by atoms with E-state index in [9.17, 15) is 4.79 Å². The Morgan fingerprint density at radius 1 is 1.73 bits per heavy atom. The molecule has 11 heavy (non-hydrogen) atoms. The molecule has 0 saturated carbocycles. The molecule has 0 heterocycles. The summed E-state index contributed by atoms with van der Waals surface area (Å²) < 4.78 is 0. The first-order chi connectivity index (χ1) is 5.09. The number of carboxylic acid groups (broad SMARTS) is 1.